The Morgan fingerprint density at radius 3 is 1.96 bits per heavy atom. The molecule has 0 aliphatic heterocycles. The van der Waals surface area contributed by atoms with Crippen LogP contribution in [-0.4, -0.2) is 0 Å². The molecule has 0 aromatic heterocycles. The lowest BCUT2D eigenvalue weighted by Crippen LogP contribution is -2.22. The van der Waals surface area contributed by atoms with Gasteiger partial charge in [0.25, 0.3) is 0 Å². The number of hydrogen-bond acceptors (Lipinski definition) is 0. The van der Waals surface area contributed by atoms with Crippen LogP contribution >= 0.6 is 23.2 Å². The van der Waals surface area contributed by atoms with E-state index in [-0.39, 0.29) is 10.4 Å². The molecule has 0 spiro atoms. The number of benzene rings is 2. The van der Waals surface area contributed by atoms with E-state index in [9.17, 15) is 13.2 Å². The maximum Gasteiger partial charge on any atom is 0.417 e. The zero-order valence-corrected chi connectivity index (χ0v) is 17.1. The lowest BCUT2D eigenvalue weighted by atomic mass is 9.77. The quantitative estimate of drug-likeness (QED) is 0.490. The van der Waals surface area contributed by atoms with Gasteiger partial charge in [-0.15, -0.1) is 0 Å². The first kappa shape index (κ1) is 21.1. The first-order chi connectivity index (χ1) is 11.7. The minimum absolute atomic E-state index is 0.0620. The number of alkyl halides is 3. The smallest absolute Gasteiger partial charge is 0.166 e. The van der Waals surface area contributed by atoms with Crippen molar-refractivity contribution in [1.29, 1.82) is 0 Å². The molecular formula is C21H23Cl2F3. The standard InChI is InChI=1S/C21H23Cl2F3/c1-19(2,3)15-8-13(9-16(22)10-15)12-20(4,5)14-6-7-18(23)17(11-14)21(24,25)26/h6-11H,12H2,1-5H3. The Morgan fingerprint density at radius 2 is 1.42 bits per heavy atom. The Morgan fingerprint density at radius 1 is 0.808 bits per heavy atom. The van der Waals surface area contributed by atoms with Gasteiger partial charge < -0.3 is 0 Å². The molecule has 0 heterocycles. The average molecular weight is 403 g/mol. The normalized spacial score (nSPS) is 13.2. The van der Waals surface area contributed by atoms with Crippen molar-refractivity contribution >= 4 is 23.2 Å². The highest BCUT2D eigenvalue weighted by molar-refractivity contribution is 6.31. The lowest BCUT2D eigenvalue weighted by Gasteiger charge is -2.28. The molecule has 0 bridgehead atoms. The van der Waals surface area contributed by atoms with Crippen molar-refractivity contribution in [2.75, 3.05) is 0 Å². The predicted molar refractivity (Wildman–Crippen MR) is 103 cm³/mol. The fourth-order valence-electron chi connectivity index (χ4n) is 2.96. The van der Waals surface area contributed by atoms with Gasteiger partial charge in [-0.05, 0) is 58.2 Å². The van der Waals surface area contributed by atoms with Gasteiger partial charge in [-0.1, -0.05) is 70.0 Å². The van der Waals surface area contributed by atoms with Gasteiger partial charge in [-0.25, -0.2) is 0 Å². The Labute approximate surface area is 163 Å². The molecule has 0 aliphatic rings. The molecular weight excluding hydrogens is 380 g/mol. The van der Waals surface area contributed by atoms with Gasteiger partial charge in [-0.3, -0.25) is 0 Å². The molecule has 0 radical (unpaired) electrons. The average Bonchev–Trinajstić information content (AvgIpc) is 2.44. The summed E-state index contributed by atoms with van der Waals surface area (Å²) in [6, 6.07) is 10.0. The van der Waals surface area contributed by atoms with Crippen LogP contribution in [0.1, 0.15) is 56.9 Å². The van der Waals surface area contributed by atoms with Crippen LogP contribution in [0.15, 0.2) is 36.4 Å². The van der Waals surface area contributed by atoms with Crippen molar-refractivity contribution in [1.82, 2.24) is 0 Å². The largest absolute Gasteiger partial charge is 0.417 e. The summed E-state index contributed by atoms with van der Waals surface area (Å²) < 4.78 is 39.5. The topological polar surface area (TPSA) is 0 Å². The minimum atomic E-state index is -4.47. The van der Waals surface area contributed by atoms with Gasteiger partial charge in [0, 0.05) is 5.02 Å². The molecule has 0 saturated carbocycles. The second-order valence-electron chi connectivity index (χ2n) is 8.35. The summed E-state index contributed by atoms with van der Waals surface area (Å²) in [5.74, 6) is 0. The van der Waals surface area contributed by atoms with E-state index in [0.29, 0.717) is 17.0 Å². The van der Waals surface area contributed by atoms with Crippen molar-refractivity contribution in [2.45, 2.75) is 58.0 Å². The summed E-state index contributed by atoms with van der Waals surface area (Å²) >= 11 is 12.0. The zero-order valence-electron chi connectivity index (χ0n) is 15.6. The van der Waals surface area contributed by atoms with E-state index >= 15 is 0 Å². The molecule has 0 nitrogen and oxygen atoms in total. The molecule has 0 unspecified atom stereocenters. The highest BCUT2D eigenvalue weighted by Gasteiger charge is 2.35. The molecule has 0 saturated heterocycles. The Bertz CT molecular complexity index is 800. The fraction of sp³-hybridized carbons (Fsp3) is 0.429. The Kier molecular flexibility index (Phi) is 5.76. The summed E-state index contributed by atoms with van der Waals surface area (Å²) in [7, 11) is 0. The maximum absolute atomic E-state index is 13.2. The van der Waals surface area contributed by atoms with Crippen LogP contribution in [0.3, 0.4) is 0 Å². The fourth-order valence-corrected chi connectivity index (χ4v) is 3.44. The molecule has 142 valence electrons. The first-order valence-corrected chi connectivity index (χ1v) is 9.13. The summed E-state index contributed by atoms with van der Waals surface area (Å²) in [6.45, 7) is 10.1. The lowest BCUT2D eigenvalue weighted by molar-refractivity contribution is -0.137. The van der Waals surface area contributed by atoms with Gasteiger partial charge >= 0.3 is 6.18 Å². The second kappa shape index (κ2) is 7.09. The monoisotopic (exact) mass is 402 g/mol. The molecule has 26 heavy (non-hydrogen) atoms. The molecule has 0 amide bonds. The van der Waals surface area contributed by atoms with E-state index in [4.69, 9.17) is 23.2 Å². The summed E-state index contributed by atoms with van der Waals surface area (Å²) in [5.41, 5.74) is 1.31. The number of rotatable bonds is 3. The Balaban J connectivity index is 2.42. The van der Waals surface area contributed by atoms with Crippen LogP contribution < -0.4 is 0 Å². The van der Waals surface area contributed by atoms with E-state index in [0.717, 1.165) is 17.2 Å². The van der Waals surface area contributed by atoms with Crippen LogP contribution in [0.5, 0.6) is 0 Å². The van der Waals surface area contributed by atoms with Gasteiger partial charge in [0.2, 0.25) is 0 Å². The third kappa shape index (κ3) is 4.95. The van der Waals surface area contributed by atoms with E-state index < -0.39 is 17.2 Å². The highest BCUT2D eigenvalue weighted by atomic mass is 35.5. The van der Waals surface area contributed by atoms with Crippen molar-refractivity contribution in [2.24, 2.45) is 0 Å². The highest BCUT2D eigenvalue weighted by Crippen LogP contribution is 2.39. The van der Waals surface area contributed by atoms with Crippen LogP contribution in [0.25, 0.3) is 0 Å². The molecule has 0 fully saturated rings. The van der Waals surface area contributed by atoms with Crippen molar-refractivity contribution in [3.05, 3.63) is 68.7 Å². The molecule has 0 atom stereocenters. The van der Waals surface area contributed by atoms with Gasteiger partial charge in [0.05, 0.1) is 10.6 Å². The van der Waals surface area contributed by atoms with Gasteiger partial charge in [0.15, 0.2) is 0 Å². The van der Waals surface area contributed by atoms with Gasteiger partial charge in [0.1, 0.15) is 0 Å². The predicted octanol–water partition coefficient (Wildman–Crippen LogP) is 7.83. The van der Waals surface area contributed by atoms with E-state index in [1.165, 1.54) is 6.07 Å². The number of halogens is 5. The SMILES string of the molecule is CC(C)(C)c1cc(Cl)cc(CC(C)(C)c2ccc(Cl)c(C(F)(F)F)c2)c1. The van der Waals surface area contributed by atoms with Crippen molar-refractivity contribution < 1.29 is 13.2 Å². The molecule has 0 N–H and O–H groups in total. The van der Waals surface area contributed by atoms with Crippen LogP contribution in [0, 0.1) is 0 Å². The Hall–Kier alpha value is -1.19. The molecule has 2 rings (SSSR count). The van der Waals surface area contributed by atoms with Crippen LogP contribution in [-0.2, 0) is 23.4 Å². The maximum atomic E-state index is 13.2. The third-order valence-electron chi connectivity index (χ3n) is 4.52. The van der Waals surface area contributed by atoms with Crippen molar-refractivity contribution in [3.63, 3.8) is 0 Å². The summed E-state index contributed by atoms with van der Waals surface area (Å²) in [4.78, 5) is 0. The second-order valence-corrected chi connectivity index (χ2v) is 9.19. The molecule has 0 aliphatic carbocycles. The molecule has 2 aromatic rings. The number of hydrogen-bond donors (Lipinski definition) is 0. The summed E-state index contributed by atoms with van der Waals surface area (Å²) in [6.07, 6.45) is -3.91. The van der Waals surface area contributed by atoms with Crippen molar-refractivity contribution in [3.8, 4) is 0 Å². The van der Waals surface area contributed by atoms with E-state index in [1.807, 2.05) is 26.0 Å². The zero-order chi connectivity index (χ0) is 19.9. The third-order valence-corrected chi connectivity index (χ3v) is 5.07. The van der Waals surface area contributed by atoms with Crippen LogP contribution in [0.4, 0.5) is 13.2 Å². The molecule has 2 aromatic carbocycles. The first-order valence-electron chi connectivity index (χ1n) is 8.37. The van der Waals surface area contributed by atoms with Gasteiger partial charge in [-0.2, -0.15) is 13.2 Å². The molecule has 5 heteroatoms. The minimum Gasteiger partial charge on any atom is -0.166 e. The summed E-state index contributed by atoms with van der Waals surface area (Å²) in [5, 5.41) is 0.352. The van der Waals surface area contributed by atoms with Crippen LogP contribution in [0.2, 0.25) is 10.0 Å². The van der Waals surface area contributed by atoms with E-state index in [2.05, 4.69) is 26.8 Å². The van der Waals surface area contributed by atoms with E-state index in [1.54, 1.807) is 6.07 Å².